The quantitative estimate of drug-likeness (QED) is 0.334. The zero-order valence-electron chi connectivity index (χ0n) is 21.2. The van der Waals surface area contributed by atoms with Crippen LogP contribution in [-0.2, 0) is 4.74 Å². The molecule has 3 aromatic heterocycles. The van der Waals surface area contributed by atoms with Gasteiger partial charge in [0.15, 0.2) is 5.78 Å². The SMILES string of the molecule is COc1ccc(C(=O)c2cc(-c3c(C)noc3C)cc3c2nc(C2CC2)n3C(=O)OC(C)(C)C)cn1. The van der Waals surface area contributed by atoms with E-state index in [1.165, 1.54) is 17.9 Å². The van der Waals surface area contributed by atoms with E-state index in [4.69, 9.17) is 19.0 Å². The number of hydrogen-bond acceptors (Lipinski definition) is 8. The fourth-order valence-corrected chi connectivity index (χ4v) is 4.31. The minimum atomic E-state index is -0.693. The summed E-state index contributed by atoms with van der Waals surface area (Å²) in [5.41, 5.74) is 3.15. The van der Waals surface area contributed by atoms with E-state index in [9.17, 15) is 9.59 Å². The number of hydrogen-bond donors (Lipinski definition) is 0. The minimum Gasteiger partial charge on any atom is -0.481 e. The van der Waals surface area contributed by atoms with Gasteiger partial charge >= 0.3 is 6.09 Å². The van der Waals surface area contributed by atoms with Gasteiger partial charge in [0, 0.05) is 29.3 Å². The molecule has 1 aliphatic rings. The van der Waals surface area contributed by atoms with Crippen molar-refractivity contribution in [2.45, 2.75) is 59.0 Å². The number of aryl methyl sites for hydroxylation is 2. The zero-order valence-corrected chi connectivity index (χ0v) is 21.2. The van der Waals surface area contributed by atoms with Crippen LogP contribution in [-0.4, -0.2) is 44.3 Å². The Balaban J connectivity index is 1.77. The third-order valence-electron chi connectivity index (χ3n) is 6.08. The number of ether oxygens (including phenoxy) is 2. The number of methoxy groups -OCH3 is 1. The monoisotopic (exact) mass is 488 g/mol. The van der Waals surface area contributed by atoms with Crippen LogP contribution in [0.4, 0.5) is 4.79 Å². The standard InChI is InChI=1S/C27H28N4O5/c1-14-22(15(2)36-30-14)18-11-19(24(32)17-9-10-21(34-6)28-13-17)23-20(12-18)31(25(29-23)16-7-8-16)26(33)35-27(3,4)5/h9-13,16H,7-8H2,1-6H3. The van der Waals surface area contributed by atoms with Crippen LogP contribution in [0.1, 0.15) is 72.7 Å². The summed E-state index contributed by atoms with van der Waals surface area (Å²) < 4.78 is 17.8. The van der Waals surface area contributed by atoms with Gasteiger partial charge in [-0.25, -0.2) is 19.3 Å². The zero-order chi connectivity index (χ0) is 25.8. The van der Waals surface area contributed by atoms with E-state index in [0.717, 1.165) is 18.4 Å². The molecule has 0 aliphatic heterocycles. The summed E-state index contributed by atoms with van der Waals surface area (Å²) in [4.78, 5) is 36.2. The number of carbonyl (C=O) groups is 2. The number of imidazole rings is 1. The van der Waals surface area contributed by atoms with Gasteiger partial charge < -0.3 is 14.0 Å². The number of nitrogens with zero attached hydrogens (tertiary/aromatic N) is 4. The lowest BCUT2D eigenvalue weighted by atomic mass is 9.96. The van der Waals surface area contributed by atoms with Gasteiger partial charge in [-0.1, -0.05) is 5.16 Å². The van der Waals surface area contributed by atoms with Crippen LogP contribution < -0.4 is 4.74 Å². The van der Waals surface area contributed by atoms with E-state index in [1.807, 2.05) is 40.7 Å². The molecule has 0 saturated heterocycles. The molecule has 0 amide bonds. The molecule has 0 radical (unpaired) electrons. The topological polar surface area (TPSA) is 109 Å². The molecule has 4 aromatic rings. The van der Waals surface area contributed by atoms with Gasteiger partial charge in [-0.3, -0.25) is 4.79 Å². The summed E-state index contributed by atoms with van der Waals surface area (Å²) in [6.45, 7) is 9.12. The van der Waals surface area contributed by atoms with Gasteiger partial charge in [0.2, 0.25) is 5.88 Å². The second-order valence-electron chi connectivity index (χ2n) is 10.1. The first-order valence-corrected chi connectivity index (χ1v) is 11.8. The van der Waals surface area contributed by atoms with Crippen molar-refractivity contribution in [1.29, 1.82) is 0 Å². The maximum absolute atomic E-state index is 13.8. The van der Waals surface area contributed by atoms with Gasteiger partial charge in [-0.2, -0.15) is 0 Å². The number of fused-ring (bicyclic) bond motifs is 1. The number of pyridine rings is 1. The van der Waals surface area contributed by atoms with Crippen molar-refractivity contribution in [2.75, 3.05) is 7.11 Å². The molecule has 1 fully saturated rings. The molecular formula is C27H28N4O5. The Hall–Kier alpha value is -4.01. The molecule has 0 unspecified atom stereocenters. The Kier molecular flexibility index (Phi) is 5.65. The summed E-state index contributed by atoms with van der Waals surface area (Å²) in [7, 11) is 1.52. The van der Waals surface area contributed by atoms with E-state index in [2.05, 4.69) is 10.1 Å². The third kappa shape index (κ3) is 4.25. The summed E-state index contributed by atoms with van der Waals surface area (Å²) in [6.07, 6.45) is 2.80. The summed E-state index contributed by atoms with van der Waals surface area (Å²) in [6, 6.07) is 6.94. The molecule has 3 heterocycles. The molecule has 9 heteroatoms. The normalized spacial score (nSPS) is 13.7. The highest BCUT2D eigenvalue weighted by Crippen LogP contribution is 2.42. The molecule has 36 heavy (non-hydrogen) atoms. The highest BCUT2D eigenvalue weighted by atomic mass is 16.6. The van der Waals surface area contributed by atoms with Crippen LogP contribution in [0.15, 0.2) is 35.0 Å². The Morgan fingerprint density at radius 3 is 2.44 bits per heavy atom. The fourth-order valence-electron chi connectivity index (χ4n) is 4.31. The Morgan fingerprint density at radius 1 is 1.14 bits per heavy atom. The number of carbonyl (C=O) groups excluding carboxylic acids is 2. The van der Waals surface area contributed by atoms with Crippen molar-refractivity contribution in [3.63, 3.8) is 0 Å². The second-order valence-corrected chi connectivity index (χ2v) is 10.1. The van der Waals surface area contributed by atoms with Crippen LogP contribution in [0.2, 0.25) is 0 Å². The van der Waals surface area contributed by atoms with E-state index >= 15 is 0 Å². The molecule has 0 atom stereocenters. The van der Waals surface area contributed by atoms with Crippen LogP contribution in [0, 0.1) is 13.8 Å². The van der Waals surface area contributed by atoms with E-state index in [-0.39, 0.29) is 11.7 Å². The van der Waals surface area contributed by atoms with E-state index in [0.29, 0.717) is 50.9 Å². The molecule has 1 saturated carbocycles. The minimum absolute atomic E-state index is 0.137. The number of ketones is 1. The van der Waals surface area contributed by atoms with Crippen LogP contribution in [0.3, 0.4) is 0 Å². The Labute approximate surface area is 208 Å². The lowest BCUT2D eigenvalue weighted by Crippen LogP contribution is -2.28. The molecule has 9 nitrogen and oxygen atoms in total. The van der Waals surface area contributed by atoms with Gasteiger partial charge in [-0.05, 0) is 71.2 Å². The Bertz CT molecular complexity index is 1470. The maximum Gasteiger partial charge on any atom is 0.420 e. The maximum atomic E-state index is 13.8. The molecular weight excluding hydrogens is 460 g/mol. The fraction of sp³-hybridized carbons (Fsp3) is 0.370. The van der Waals surface area contributed by atoms with Gasteiger partial charge in [0.05, 0.1) is 23.9 Å². The first-order valence-electron chi connectivity index (χ1n) is 11.8. The molecule has 1 aromatic carbocycles. The van der Waals surface area contributed by atoms with Crippen molar-refractivity contribution in [1.82, 2.24) is 19.7 Å². The largest absolute Gasteiger partial charge is 0.481 e. The molecule has 186 valence electrons. The summed E-state index contributed by atoms with van der Waals surface area (Å²) in [5.74, 6) is 1.50. The second kappa shape index (κ2) is 8.58. The summed E-state index contributed by atoms with van der Waals surface area (Å²) >= 11 is 0. The van der Waals surface area contributed by atoms with Crippen molar-refractivity contribution in [2.24, 2.45) is 0 Å². The lowest BCUT2D eigenvalue weighted by molar-refractivity contribution is 0.0538. The van der Waals surface area contributed by atoms with Crippen LogP contribution in [0.25, 0.3) is 22.2 Å². The lowest BCUT2D eigenvalue weighted by Gasteiger charge is -2.20. The third-order valence-corrected chi connectivity index (χ3v) is 6.08. The average molecular weight is 489 g/mol. The number of benzene rings is 1. The molecule has 0 N–H and O–H groups in total. The smallest absolute Gasteiger partial charge is 0.420 e. The first-order chi connectivity index (χ1) is 17.1. The average Bonchev–Trinajstić information content (AvgIpc) is 3.52. The highest BCUT2D eigenvalue weighted by Gasteiger charge is 2.35. The summed E-state index contributed by atoms with van der Waals surface area (Å²) in [5, 5.41) is 4.08. The van der Waals surface area contributed by atoms with Gasteiger partial charge in [0.1, 0.15) is 22.7 Å². The van der Waals surface area contributed by atoms with Crippen molar-refractivity contribution in [3.8, 4) is 17.0 Å². The predicted molar refractivity (Wildman–Crippen MR) is 133 cm³/mol. The van der Waals surface area contributed by atoms with E-state index in [1.54, 1.807) is 18.2 Å². The van der Waals surface area contributed by atoms with Gasteiger partial charge in [-0.15, -0.1) is 0 Å². The number of aromatic nitrogens is 4. The van der Waals surface area contributed by atoms with E-state index < -0.39 is 11.7 Å². The van der Waals surface area contributed by atoms with Crippen molar-refractivity contribution < 1.29 is 23.6 Å². The van der Waals surface area contributed by atoms with Crippen molar-refractivity contribution in [3.05, 3.63) is 58.9 Å². The molecule has 1 aliphatic carbocycles. The molecule has 5 rings (SSSR count). The van der Waals surface area contributed by atoms with Gasteiger partial charge in [0.25, 0.3) is 0 Å². The van der Waals surface area contributed by atoms with Crippen LogP contribution in [0.5, 0.6) is 5.88 Å². The molecule has 0 spiro atoms. The number of rotatable bonds is 5. The first kappa shape index (κ1) is 23.7. The highest BCUT2D eigenvalue weighted by molar-refractivity contribution is 6.16. The van der Waals surface area contributed by atoms with Crippen LogP contribution >= 0.6 is 0 Å². The Morgan fingerprint density at radius 2 is 1.89 bits per heavy atom. The predicted octanol–water partition coefficient (Wildman–Crippen LogP) is 5.60. The molecule has 0 bridgehead atoms. The van der Waals surface area contributed by atoms with Crippen molar-refractivity contribution >= 4 is 22.9 Å².